The van der Waals surface area contributed by atoms with E-state index in [2.05, 4.69) is 25.6 Å². The fourth-order valence-electron chi connectivity index (χ4n) is 3.81. The maximum Gasteiger partial charge on any atom is 0.355 e. The van der Waals surface area contributed by atoms with Crippen LogP contribution in [-0.4, -0.2) is 31.1 Å². The first-order valence-corrected chi connectivity index (χ1v) is 12.4. The number of pyridine rings is 1. The molecule has 3 heterocycles. The van der Waals surface area contributed by atoms with Crippen LogP contribution in [0.1, 0.15) is 11.1 Å². The summed E-state index contributed by atoms with van der Waals surface area (Å²) < 4.78 is 43.8. The van der Waals surface area contributed by atoms with Crippen LogP contribution in [0.25, 0.3) is 10.2 Å². The summed E-state index contributed by atoms with van der Waals surface area (Å²) in [7, 11) is 1.71. The number of aromatic amines is 1. The largest absolute Gasteiger partial charge is 0.365 e. The van der Waals surface area contributed by atoms with E-state index in [1.165, 1.54) is 29.7 Å². The molecule has 15 heteroatoms. The highest BCUT2D eigenvalue weighted by Crippen LogP contribution is 2.34. The number of anilines is 3. The third-order valence-electron chi connectivity index (χ3n) is 5.70. The molecule has 0 saturated heterocycles. The molecule has 0 unspecified atom stereocenters. The van der Waals surface area contributed by atoms with Crippen molar-refractivity contribution in [1.82, 2.24) is 24.1 Å². The lowest BCUT2D eigenvalue weighted by atomic mass is 10.2. The van der Waals surface area contributed by atoms with Gasteiger partial charge < -0.3 is 15.6 Å². The van der Waals surface area contributed by atoms with Crippen molar-refractivity contribution in [2.24, 2.45) is 0 Å². The number of halogens is 4. The second-order valence-corrected chi connectivity index (χ2v) is 9.70. The number of rotatable bonds is 7. The lowest BCUT2D eigenvalue weighted by Gasteiger charge is -2.16. The maximum atomic E-state index is 13.9. The number of aromatic nitrogens is 5. The van der Waals surface area contributed by atoms with Crippen LogP contribution in [0.5, 0.6) is 0 Å². The molecule has 10 nitrogen and oxygen atoms in total. The van der Waals surface area contributed by atoms with Crippen molar-refractivity contribution in [2.45, 2.75) is 13.1 Å². The van der Waals surface area contributed by atoms with E-state index < -0.39 is 47.5 Å². The summed E-state index contributed by atoms with van der Waals surface area (Å²) in [5.74, 6) is -4.87. The van der Waals surface area contributed by atoms with Crippen LogP contribution in [-0.2, 0) is 13.1 Å². The summed E-state index contributed by atoms with van der Waals surface area (Å²) in [6.45, 7) is -0.925. The van der Waals surface area contributed by atoms with Gasteiger partial charge in [0.25, 0.3) is 5.56 Å². The summed E-state index contributed by atoms with van der Waals surface area (Å²) >= 11 is 7.74. The van der Waals surface area contributed by atoms with Crippen LogP contribution < -0.4 is 27.6 Å². The Hall–Kier alpha value is -4.43. The average molecular weight is 576 g/mol. The van der Waals surface area contributed by atoms with Crippen molar-refractivity contribution in [3.8, 4) is 0 Å². The SMILES string of the molecule is CNc1nc2cc(Cl)c(Nc3nc(=O)n(Cc4ccc[nH]c4=O)c(=O)n3Cc3cc(F)c(F)c(F)c3)cc2s1. The lowest BCUT2D eigenvalue weighted by Crippen LogP contribution is -2.43. The van der Waals surface area contributed by atoms with Crippen LogP contribution in [0.2, 0.25) is 5.02 Å². The summed E-state index contributed by atoms with van der Waals surface area (Å²) in [5, 5.41) is 6.59. The van der Waals surface area contributed by atoms with Gasteiger partial charge in [0.2, 0.25) is 5.95 Å². The molecule has 5 rings (SSSR count). The Labute approximate surface area is 225 Å². The monoisotopic (exact) mass is 575 g/mol. The smallest absolute Gasteiger partial charge is 0.355 e. The van der Waals surface area contributed by atoms with Gasteiger partial charge in [-0.2, -0.15) is 4.98 Å². The third-order valence-corrected chi connectivity index (χ3v) is 7.05. The second-order valence-electron chi connectivity index (χ2n) is 8.26. The number of fused-ring (bicyclic) bond motifs is 1. The van der Waals surface area contributed by atoms with Gasteiger partial charge >= 0.3 is 11.4 Å². The Morgan fingerprint density at radius 2 is 1.77 bits per heavy atom. The van der Waals surface area contributed by atoms with Crippen LogP contribution in [0, 0.1) is 17.5 Å². The van der Waals surface area contributed by atoms with Gasteiger partial charge in [0, 0.05) is 18.8 Å². The maximum absolute atomic E-state index is 13.9. The van der Waals surface area contributed by atoms with Gasteiger partial charge in [-0.05, 0) is 35.9 Å². The average Bonchev–Trinajstić information content (AvgIpc) is 3.30. The normalized spacial score (nSPS) is 11.2. The zero-order chi connectivity index (χ0) is 27.8. The van der Waals surface area contributed by atoms with Crippen LogP contribution in [0.3, 0.4) is 0 Å². The van der Waals surface area contributed by atoms with Crippen molar-refractivity contribution in [2.75, 3.05) is 17.7 Å². The Kier molecular flexibility index (Phi) is 6.97. The zero-order valence-corrected chi connectivity index (χ0v) is 21.5. The van der Waals surface area contributed by atoms with Crippen molar-refractivity contribution in [3.63, 3.8) is 0 Å². The van der Waals surface area contributed by atoms with Gasteiger partial charge in [0.1, 0.15) is 0 Å². The molecule has 0 aliphatic rings. The first-order valence-electron chi connectivity index (χ1n) is 11.2. The van der Waals surface area contributed by atoms with Gasteiger partial charge in [0.15, 0.2) is 22.6 Å². The molecule has 0 aliphatic carbocycles. The molecule has 0 radical (unpaired) electrons. The molecule has 5 aromatic rings. The molecule has 0 saturated carbocycles. The number of nitrogens with zero attached hydrogens (tertiary/aromatic N) is 4. The molecule has 0 fully saturated rings. The van der Waals surface area contributed by atoms with Crippen molar-refractivity contribution >= 4 is 49.9 Å². The summed E-state index contributed by atoms with van der Waals surface area (Å²) in [5.41, 5.74) is -1.61. The summed E-state index contributed by atoms with van der Waals surface area (Å²) in [6.07, 6.45) is 1.39. The molecule has 3 N–H and O–H groups in total. The zero-order valence-electron chi connectivity index (χ0n) is 19.9. The molecule has 0 atom stereocenters. The van der Waals surface area contributed by atoms with Gasteiger partial charge in [-0.15, -0.1) is 0 Å². The van der Waals surface area contributed by atoms with Crippen molar-refractivity contribution in [3.05, 3.63) is 108 Å². The first kappa shape index (κ1) is 26.2. The minimum absolute atomic E-state index is 0.101. The molecule has 0 spiro atoms. The Morgan fingerprint density at radius 1 is 1.03 bits per heavy atom. The molecule has 3 aromatic heterocycles. The van der Waals surface area contributed by atoms with E-state index in [1.54, 1.807) is 19.2 Å². The highest BCUT2D eigenvalue weighted by Gasteiger charge is 2.19. The van der Waals surface area contributed by atoms with E-state index in [0.717, 1.165) is 21.4 Å². The fourth-order valence-corrected chi connectivity index (χ4v) is 4.85. The number of benzene rings is 2. The molecular weight excluding hydrogens is 559 g/mol. The highest BCUT2D eigenvalue weighted by atomic mass is 35.5. The minimum Gasteiger partial charge on any atom is -0.365 e. The van der Waals surface area contributed by atoms with Gasteiger partial charge in [-0.3, -0.25) is 9.36 Å². The van der Waals surface area contributed by atoms with E-state index in [4.69, 9.17) is 11.6 Å². The van der Waals surface area contributed by atoms with E-state index in [1.807, 2.05) is 0 Å². The predicted molar refractivity (Wildman–Crippen MR) is 142 cm³/mol. The molecule has 0 bridgehead atoms. The molecule has 200 valence electrons. The number of H-pyrrole nitrogens is 1. The molecule has 0 amide bonds. The van der Waals surface area contributed by atoms with Crippen LogP contribution >= 0.6 is 22.9 Å². The Morgan fingerprint density at radius 3 is 2.46 bits per heavy atom. The molecular formula is C24H17ClF3N7O3S. The number of thiazole rings is 1. The quantitative estimate of drug-likeness (QED) is 0.253. The minimum atomic E-state index is -1.67. The highest BCUT2D eigenvalue weighted by molar-refractivity contribution is 7.22. The van der Waals surface area contributed by atoms with E-state index in [9.17, 15) is 27.6 Å². The Balaban J connectivity index is 1.65. The summed E-state index contributed by atoms with van der Waals surface area (Å²) in [6, 6.07) is 7.61. The second kappa shape index (κ2) is 10.4. The fraction of sp³-hybridized carbons (Fsp3) is 0.125. The van der Waals surface area contributed by atoms with Gasteiger partial charge in [0.05, 0.1) is 34.0 Å². The standard InChI is InChI=1S/C24H17ClF3N7O3S/c1-29-22-32-17-7-13(25)16(8-18(17)39-22)31-21-33-23(37)35(10-12-3-2-4-30-20(12)36)24(38)34(21)9-11-5-14(26)19(28)15(27)6-11/h2-8H,9-10H2,1H3,(H,29,32)(H,30,36)(H,31,33,37). The molecule has 39 heavy (non-hydrogen) atoms. The topological polar surface area (TPSA) is 127 Å². The number of hydrogen-bond acceptors (Lipinski definition) is 8. The molecule has 2 aromatic carbocycles. The Bertz CT molecular complexity index is 1900. The van der Waals surface area contributed by atoms with E-state index >= 15 is 0 Å². The third kappa shape index (κ3) is 5.15. The lowest BCUT2D eigenvalue weighted by molar-refractivity contribution is 0.444. The van der Waals surface area contributed by atoms with Crippen LogP contribution in [0.4, 0.5) is 29.9 Å². The van der Waals surface area contributed by atoms with Crippen molar-refractivity contribution in [1.29, 1.82) is 0 Å². The number of hydrogen-bond donors (Lipinski definition) is 3. The van der Waals surface area contributed by atoms with Gasteiger partial charge in [-0.25, -0.2) is 32.3 Å². The van der Waals surface area contributed by atoms with E-state index in [-0.39, 0.29) is 27.8 Å². The van der Waals surface area contributed by atoms with Crippen molar-refractivity contribution < 1.29 is 13.2 Å². The number of nitrogens with one attached hydrogen (secondary N) is 3. The summed E-state index contributed by atoms with van der Waals surface area (Å²) in [4.78, 5) is 49.4. The van der Waals surface area contributed by atoms with Gasteiger partial charge in [-0.1, -0.05) is 29.0 Å². The van der Waals surface area contributed by atoms with Crippen LogP contribution in [0.15, 0.2) is 57.0 Å². The predicted octanol–water partition coefficient (Wildman–Crippen LogP) is 3.66. The molecule has 0 aliphatic heterocycles. The first-order chi connectivity index (χ1) is 18.6. The van der Waals surface area contributed by atoms with E-state index in [0.29, 0.717) is 15.2 Å².